The Morgan fingerprint density at radius 2 is 2.16 bits per heavy atom. The highest BCUT2D eigenvalue weighted by atomic mass is 15.1. The van der Waals surface area contributed by atoms with Crippen LogP contribution in [0.2, 0.25) is 0 Å². The number of rotatable bonds is 5. The highest BCUT2D eigenvalue weighted by Crippen LogP contribution is 2.19. The zero-order valence-corrected chi connectivity index (χ0v) is 12.0. The van der Waals surface area contributed by atoms with E-state index in [-0.39, 0.29) is 5.41 Å². The molecule has 6 heteroatoms. The third kappa shape index (κ3) is 3.35. The van der Waals surface area contributed by atoms with Crippen LogP contribution in [0.1, 0.15) is 13.8 Å². The van der Waals surface area contributed by atoms with Crippen molar-refractivity contribution in [2.24, 2.45) is 5.41 Å². The van der Waals surface area contributed by atoms with Crippen molar-refractivity contribution >= 4 is 17.3 Å². The second kappa shape index (κ2) is 5.05. The monoisotopic (exact) mass is 262 g/mol. The predicted molar refractivity (Wildman–Crippen MR) is 78.2 cm³/mol. The summed E-state index contributed by atoms with van der Waals surface area (Å²) in [6, 6.07) is 0. The minimum absolute atomic E-state index is 0.138. The number of anilines is 2. The van der Waals surface area contributed by atoms with Crippen molar-refractivity contribution in [2.45, 2.75) is 13.8 Å². The summed E-state index contributed by atoms with van der Waals surface area (Å²) in [5.74, 6) is 1.22. The van der Waals surface area contributed by atoms with E-state index in [1.165, 1.54) is 0 Å². The van der Waals surface area contributed by atoms with Gasteiger partial charge in [0.25, 0.3) is 0 Å². The Bertz CT molecular complexity index is 557. The average molecular weight is 262 g/mol. The maximum Gasteiger partial charge on any atom is 0.180 e. The summed E-state index contributed by atoms with van der Waals surface area (Å²) in [5, 5.41) is 3.36. The largest absolute Gasteiger partial charge is 0.382 e. The molecule has 2 rings (SSSR count). The van der Waals surface area contributed by atoms with Gasteiger partial charge >= 0.3 is 0 Å². The number of imidazole rings is 1. The van der Waals surface area contributed by atoms with Crippen molar-refractivity contribution < 1.29 is 0 Å². The molecule has 0 saturated carbocycles. The number of fused-ring (bicyclic) bond motifs is 1. The Hall–Kier alpha value is -1.82. The number of nitrogens with zero attached hydrogens (tertiary/aromatic N) is 4. The maximum atomic E-state index is 5.80. The second-order valence-corrected chi connectivity index (χ2v) is 5.93. The summed E-state index contributed by atoms with van der Waals surface area (Å²) < 4.78 is 1.88. The molecule has 0 atom stereocenters. The van der Waals surface area contributed by atoms with Gasteiger partial charge in [0.2, 0.25) is 0 Å². The Labute approximate surface area is 113 Å². The average Bonchev–Trinajstić information content (AvgIpc) is 2.71. The van der Waals surface area contributed by atoms with E-state index in [0.29, 0.717) is 5.82 Å². The Morgan fingerprint density at radius 1 is 1.42 bits per heavy atom. The van der Waals surface area contributed by atoms with Crippen LogP contribution in [0.25, 0.3) is 5.65 Å². The van der Waals surface area contributed by atoms with E-state index in [1.807, 2.05) is 10.6 Å². The fourth-order valence-corrected chi connectivity index (χ4v) is 2.30. The normalized spacial score (nSPS) is 12.3. The fourth-order valence-electron chi connectivity index (χ4n) is 2.30. The van der Waals surface area contributed by atoms with Crippen molar-refractivity contribution in [3.63, 3.8) is 0 Å². The Morgan fingerprint density at radius 3 is 2.84 bits per heavy atom. The van der Waals surface area contributed by atoms with Gasteiger partial charge in [-0.2, -0.15) is 0 Å². The van der Waals surface area contributed by atoms with Crippen LogP contribution in [-0.4, -0.2) is 46.5 Å². The van der Waals surface area contributed by atoms with Gasteiger partial charge in [0.05, 0.1) is 6.20 Å². The van der Waals surface area contributed by atoms with Gasteiger partial charge in [0, 0.05) is 25.5 Å². The van der Waals surface area contributed by atoms with Crippen molar-refractivity contribution in [3.8, 4) is 0 Å². The van der Waals surface area contributed by atoms with Gasteiger partial charge in [-0.05, 0) is 19.5 Å². The Balaban J connectivity index is 2.15. The molecule has 2 aromatic heterocycles. The van der Waals surface area contributed by atoms with Crippen LogP contribution in [0, 0.1) is 5.41 Å². The molecule has 0 aliphatic carbocycles. The molecule has 0 amide bonds. The topological polar surface area (TPSA) is 71.5 Å². The molecule has 104 valence electrons. The van der Waals surface area contributed by atoms with E-state index in [2.05, 4.69) is 48.1 Å². The first-order valence-electron chi connectivity index (χ1n) is 6.35. The smallest absolute Gasteiger partial charge is 0.180 e. The van der Waals surface area contributed by atoms with Gasteiger partial charge in [-0.1, -0.05) is 13.8 Å². The maximum absolute atomic E-state index is 5.80. The summed E-state index contributed by atoms with van der Waals surface area (Å²) in [5.41, 5.74) is 6.74. The number of nitrogens with one attached hydrogen (secondary N) is 1. The number of nitrogens with two attached hydrogens (primary N) is 1. The number of nitrogen functional groups attached to an aromatic ring is 1. The van der Waals surface area contributed by atoms with E-state index in [4.69, 9.17) is 5.73 Å². The predicted octanol–water partition coefficient (Wildman–Crippen LogP) is 1.31. The van der Waals surface area contributed by atoms with Crippen LogP contribution >= 0.6 is 0 Å². The lowest BCUT2D eigenvalue weighted by molar-refractivity contribution is 0.254. The molecule has 0 saturated heterocycles. The van der Waals surface area contributed by atoms with Crippen molar-refractivity contribution in [1.82, 2.24) is 19.3 Å². The van der Waals surface area contributed by atoms with Gasteiger partial charge in [-0.25, -0.2) is 9.97 Å². The first-order valence-corrected chi connectivity index (χ1v) is 6.35. The van der Waals surface area contributed by atoms with E-state index < -0.39 is 0 Å². The first kappa shape index (κ1) is 13.6. The lowest BCUT2D eigenvalue weighted by Gasteiger charge is -2.28. The van der Waals surface area contributed by atoms with Gasteiger partial charge in [0.15, 0.2) is 11.5 Å². The van der Waals surface area contributed by atoms with Crippen LogP contribution in [-0.2, 0) is 0 Å². The molecule has 0 spiro atoms. The zero-order chi connectivity index (χ0) is 14.0. The third-order valence-corrected chi connectivity index (χ3v) is 2.87. The van der Waals surface area contributed by atoms with Crippen LogP contribution < -0.4 is 11.1 Å². The van der Waals surface area contributed by atoms with Gasteiger partial charge in [-0.3, -0.25) is 0 Å². The summed E-state index contributed by atoms with van der Waals surface area (Å²) >= 11 is 0. The highest BCUT2D eigenvalue weighted by Gasteiger charge is 2.19. The molecular weight excluding hydrogens is 240 g/mol. The minimum Gasteiger partial charge on any atom is -0.382 e. The molecule has 6 nitrogen and oxygen atoms in total. The molecule has 2 aromatic rings. The zero-order valence-electron chi connectivity index (χ0n) is 12.0. The summed E-state index contributed by atoms with van der Waals surface area (Å²) in [6.07, 6.45) is 5.37. The van der Waals surface area contributed by atoms with Crippen molar-refractivity contribution in [2.75, 3.05) is 38.2 Å². The van der Waals surface area contributed by atoms with Gasteiger partial charge < -0.3 is 20.4 Å². The van der Waals surface area contributed by atoms with Crippen LogP contribution in [0.5, 0.6) is 0 Å². The molecule has 3 N–H and O–H groups in total. The molecule has 0 unspecified atom stereocenters. The summed E-state index contributed by atoms with van der Waals surface area (Å²) in [6.45, 7) is 6.24. The van der Waals surface area contributed by atoms with E-state index >= 15 is 0 Å². The van der Waals surface area contributed by atoms with E-state index in [0.717, 1.165) is 24.6 Å². The molecule has 0 radical (unpaired) electrons. The molecule has 0 aliphatic heterocycles. The number of hydrogen-bond acceptors (Lipinski definition) is 5. The van der Waals surface area contributed by atoms with Crippen LogP contribution in [0.15, 0.2) is 18.6 Å². The summed E-state index contributed by atoms with van der Waals surface area (Å²) in [4.78, 5) is 10.8. The molecule has 0 fully saturated rings. The standard InChI is InChI=1S/C13H22N6/c1-13(2,9-18(3)4)8-16-11-12-15-5-6-19(12)7-10(14)17-11/h5-7H,8-9,14H2,1-4H3,(H,16,17). The fraction of sp³-hybridized carbons (Fsp3) is 0.538. The molecule has 19 heavy (non-hydrogen) atoms. The first-order chi connectivity index (χ1) is 8.87. The van der Waals surface area contributed by atoms with Gasteiger partial charge in [-0.15, -0.1) is 0 Å². The lowest BCUT2D eigenvalue weighted by Crippen LogP contribution is -2.34. The van der Waals surface area contributed by atoms with Crippen molar-refractivity contribution in [3.05, 3.63) is 18.6 Å². The molecule has 2 heterocycles. The van der Waals surface area contributed by atoms with Crippen LogP contribution in [0.4, 0.5) is 11.6 Å². The summed E-state index contributed by atoms with van der Waals surface area (Å²) in [7, 11) is 4.15. The second-order valence-electron chi connectivity index (χ2n) is 5.93. The quantitative estimate of drug-likeness (QED) is 0.850. The highest BCUT2D eigenvalue weighted by molar-refractivity contribution is 5.64. The Kier molecular flexibility index (Phi) is 3.61. The molecular formula is C13H22N6. The van der Waals surface area contributed by atoms with Crippen LogP contribution in [0.3, 0.4) is 0 Å². The third-order valence-electron chi connectivity index (χ3n) is 2.87. The molecule has 0 aromatic carbocycles. The van der Waals surface area contributed by atoms with E-state index in [9.17, 15) is 0 Å². The SMILES string of the molecule is CN(C)CC(C)(C)CNc1nc(N)cn2ccnc12. The van der Waals surface area contributed by atoms with Crippen molar-refractivity contribution in [1.29, 1.82) is 0 Å². The molecule has 0 bridgehead atoms. The molecule has 0 aliphatic rings. The number of hydrogen-bond donors (Lipinski definition) is 2. The lowest BCUT2D eigenvalue weighted by atomic mass is 9.93. The minimum atomic E-state index is 0.138. The number of aromatic nitrogens is 3. The van der Waals surface area contributed by atoms with Gasteiger partial charge in [0.1, 0.15) is 5.82 Å². The van der Waals surface area contributed by atoms with E-state index in [1.54, 1.807) is 12.4 Å².